The highest BCUT2D eigenvalue weighted by atomic mass is 16.5. The topological polar surface area (TPSA) is 48.0 Å². The third-order valence-corrected chi connectivity index (χ3v) is 9.07. The maximum absolute atomic E-state index is 6.02. The van der Waals surface area contributed by atoms with Crippen LogP contribution in [0.3, 0.4) is 0 Å². The zero-order valence-corrected chi connectivity index (χ0v) is 28.0. The van der Waals surface area contributed by atoms with Crippen molar-refractivity contribution in [1.29, 1.82) is 0 Å². The van der Waals surface area contributed by atoms with Crippen LogP contribution in [0.25, 0.3) is 0 Å². The van der Waals surface area contributed by atoms with Crippen molar-refractivity contribution in [2.24, 2.45) is 0 Å². The van der Waals surface area contributed by atoms with Gasteiger partial charge in [0, 0.05) is 22.5 Å². The van der Waals surface area contributed by atoms with Crippen LogP contribution in [0.4, 0.5) is 17.1 Å². The molecule has 5 nitrogen and oxygen atoms in total. The Hall–Kier alpha value is -5.94. The van der Waals surface area contributed by atoms with Crippen LogP contribution < -0.4 is 14.4 Å². The number of ether oxygens (including phenoxy) is 2. The maximum Gasteiger partial charge on any atom is 0.146 e. The molecule has 0 radical (unpaired) electrons. The highest BCUT2D eigenvalue weighted by Crippen LogP contribution is 2.42. The third kappa shape index (κ3) is 7.02. The van der Waals surface area contributed by atoms with Gasteiger partial charge in [-0.2, -0.15) is 0 Å². The summed E-state index contributed by atoms with van der Waals surface area (Å²) in [5, 5.41) is 0. The van der Waals surface area contributed by atoms with Gasteiger partial charge in [0.15, 0.2) is 0 Å². The van der Waals surface area contributed by atoms with Gasteiger partial charge in [-0.15, -0.1) is 0 Å². The van der Waals surface area contributed by atoms with E-state index in [1.165, 1.54) is 11.1 Å². The molecule has 0 aliphatic carbocycles. The molecule has 244 valence electrons. The average molecular weight is 646 g/mol. The van der Waals surface area contributed by atoms with E-state index in [0.717, 1.165) is 56.8 Å². The first-order valence-corrected chi connectivity index (χ1v) is 16.5. The Morgan fingerprint density at radius 1 is 0.469 bits per heavy atom. The number of hydrogen-bond donors (Lipinski definition) is 0. The summed E-state index contributed by atoms with van der Waals surface area (Å²) in [6, 6.07) is 50.6. The van der Waals surface area contributed by atoms with Gasteiger partial charge in [0.2, 0.25) is 0 Å². The predicted octanol–water partition coefficient (Wildman–Crippen LogP) is 11.5. The molecule has 0 aliphatic rings. The molecule has 7 aromatic rings. The molecule has 0 unspecified atom stereocenters. The van der Waals surface area contributed by atoms with Crippen LogP contribution in [-0.4, -0.2) is 0 Å². The smallest absolute Gasteiger partial charge is 0.146 e. The molecule has 5 heteroatoms. The Bertz CT molecular complexity index is 1920. The van der Waals surface area contributed by atoms with Crippen molar-refractivity contribution < 1.29 is 18.3 Å². The van der Waals surface area contributed by atoms with Crippen LogP contribution in [0.1, 0.15) is 46.3 Å². The molecular formula is C44H39NO4. The fourth-order valence-corrected chi connectivity index (χ4v) is 6.15. The molecule has 0 saturated carbocycles. The quantitative estimate of drug-likeness (QED) is 0.124. The number of benzene rings is 5. The fourth-order valence-electron chi connectivity index (χ4n) is 6.15. The van der Waals surface area contributed by atoms with Crippen LogP contribution in [0.15, 0.2) is 167 Å². The minimum atomic E-state index is -0.476. The molecule has 0 atom stereocenters. The second-order valence-electron chi connectivity index (χ2n) is 12.5. The summed E-state index contributed by atoms with van der Waals surface area (Å²) in [5.74, 6) is 3.14. The standard InChI is InChI=1S/C44H39NO4/c1-32-8-18-37(19-9-32)45(38-20-10-33(2)11-21-38)39-22-12-34(13-23-39)44(3,35-14-24-40(25-15-35)48-30-42-6-4-28-46-42)36-16-26-41(27-17-36)49-31-43-7-5-29-47-43/h4-29H,30-31H2,1-3H3. The first kappa shape index (κ1) is 31.6. The lowest BCUT2D eigenvalue weighted by molar-refractivity contribution is 0.270. The number of anilines is 3. The Morgan fingerprint density at radius 3 is 1.16 bits per heavy atom. The van der Waals surface area contributed by atoms with Gasteiger partial charge in [0.05, 0.1) is 12.5 Å². The zero-order valence-electron chi connectivity index (χ0n) is 28.0. The largest absolute Gasteiger partial charge is 0.486 e. The molecule has 5 aromatic carbocycles. The van der Waals surface area contributed by atoms with Crippen molar-refractivity contribution in [3.8, 4) is 11.5 Å². The molecule has 2 heterocycles. The summed E-state index contributed by atoms with van der Waals surface area (Å²) >= 11 is 0. The monoisotopic (exact) mass is 645 g/mol. The van der Waals surface area contributed by atoms with Gasteiger partial charge in [-0.05, 0) is 122 Å². The third-order valence-electron chi connectivity index (χ3n) is 9.07. The van der Waals surface area contributed by atoms with Crippen LogP contribution in [0.2, 0.25) is 0 Å². The van der Waals surface area contributed by atoms with E-state index >= 15 is 0 Å². The molecule has 2 aromatic heterocycles. The highest BCUT2D eigenvalue weighted by Gasteiger charge is 2.32. The van der Waals surface area contributed by atoms with E-state index in [1.54, 1.807) is 12.5 Å². The number of hydrogen-bond acceptors (Lipinski definition) is 5. The van der Waals surface area contributed by atoms with Gasteiger partial charge in [0.1, 0.15) is 36.2 Å². The van der Waals surface area contributed by atoms with Crippen molar-refractivity contribution in [3.63, 3.8) is 0 Å². The summed E-state index contributed by atoms with van der Waals surface area (Å²) < 4.78 is 22.9. The Labute approximate surface area is 288 Å². The maximum atomic E-state index is 6.02. The molecular weight excluding hydrogens is 606 g/mol. The van der Waals surface area contributed by atoms with Crippen LogP contribution >= 0.6 is 0 Å². The lowest BCUT2D eigenvalue weighted by Crippen LogP contribution is -2.25. The van der Waals surface area contributed by atoms with Gasteiger partial charge < -0.3 is 23.2 Å². The predicted molar refractivity (Wildman–Crippen MR) is 195 cm³/mol. The molecule has 0 fully saturated rings. The molecule has 0 bridgehead atoms. The van der Waals surface area contributed by atoms with Crippen molar-refractivity contribution in [1.82, 2.24) is 0 Å². The Kier molecular flexibility index (Phi) is 9.07. The van der Waals surface area contributed by atoms with Crippen molar-refractivity contribution in [3.05, 3.63) is 197 Å². The first-order valence-electron chi connectivity index (χ1n) is 16.5. The minimum absolute atomic E-state index is 0.378. The highest BCUT2D eigenvalue weighted by molar-refractivity contribution is 5.77. The Morgan fingerprint density at radius 2 is 0.816 bits per heavy atom. The second kappa shape index (κ2) is 14.0. The van der Waals surface area contributed by atoms with E-state index in [4.69, 9.17) is 18.3 Å². The molecule has 0 aliphatic heterocycles. The van der Waals surface area contributed by atoms with E-state index in [-0.39, 0.29) is 0 Å². The lowest BCUT2D eigenvalue weighted by Gasteiger charge is -2.33. The van der Waals surface area contributed by atoms with Crippen LogP contribution in [-0.2, 0) is 18.6 Å². The number of furan rings is 2. The average Bonchev–Trinajstić information content (AvgIpc) is 3.87. The molecule has 0 spiro atoms. The molecule has 0 amide bonds. The van der Waals surface area contributed by atoms with Crippen LogP contribution in [0, 0.1) is 13.8 Å². The summed E-state index contributed by atoms with van der Waals surface area (Å²) in [6.07, 6.45) is 3.32. The van der Waals surface area contributed by atoms with E-state index in [0.29, 0.717) is 13.2 Å². The SMILES string of the molecule is Cc1ccc(N(c2ccc(C)cc2)c2ccc(C(C)(c3ccc(OCc4ccco4)cc3)c3ccc(OCc4ccco4)cc3)cc2)cc1. The van der Waals surface area contributed by atoms with Crippen molar-refractivity contribution in [2.45, 2.75) is 39.4 Å². The van der Waals surface area contributed by atoms with E-state index in [9.17, 15) is 0 Å². The van der Waals surface area contributed by atoms with Gasteiger partial charge in [-0.1, -0.05) is 71.8 Å². The molecule has 7 rings (SSSR count). The summed E-state index contributed by atoms with van der Waals surface area (Å²) in [7, 11) is 0. The summed E-state index contributed by atoms with van der Waals surface area (Å²) in [4.78, 5) is 2.30. The number of nitrogens with zero attached hydrogens (tertiary/aromatic N) is 1. The summed E-state index contributed by atoms with van der Waals surface area (Å²) in [6.45, 7) is 7.26. The van der Waals surface area contributed by atoms with E-state index in [1.807, 2.05) is 48.5 Å². The van der Waals surface area contributed by atoms with Crippen molar-refractivity contribution >= 4 is 17.1 Å². The Balaban J connectivity index is 1.23. The normalized spacial score (nSPS) is 11.3. The first-order chi connectivity index (χ1) is 24.0. The van der Waals surface area contributed by atoms with E-state index in [2.05, 4.69) is 123 Å². The van der Waals surface area contributed by atoms with Crippen molar-refractivity contribution in [2.75, 3.05) is 4.90 Å². The summed E-state index contributed by atoms with van der Waals surface area (Å²) in [5.41, 5.74) is 8.74. The number of aryl methyl sites for hydroxylation is 2. The fraction of sp³-hybridized carbons (Fsp3) is 0.136. The molecule has 0 N–H and O–H groups in total. The number of rotatable bonds is 12. The molecule has 49 heavy (non-hydrogen) atoms. The van der Waals surface area contributed by atoms with Crippen LogP contribution in [0.5, 0.6) is 11.5 Å². The van der Waals surface area contributed by atoms with E-state index < -0.39 is 5.41 Å². The van der Waals surface area contributed by atoms with Gasteiger partial charge in [-0.25, -0.2) is 0 Å². The van der Waals surface area contributed by atoms with Gasteiger partial charge in [0.25, 0.3) is 0 Å². The molecule has 0 saturated heterocycles. The van der Waals surface area contributed by atoms with Gasteiger partial charge in [-0.3, -0.25) is 0 Å². The second-order valence-corrected chi connectivity index (χ2v) is 12.5. The zero-order chi connectivity index (χ0) is 33.6. The van der Waals surface area contributed by atoms with Gasteiger partial charge >= 0.3 is 0 Å². The minimum Gasteiger partial charge on any atom is -0.486 e. The lowest BCUT2D eigenvalue weighted by atomic mass is 9.71.